The summed E-state index contributed by atoms with van der Waals surface area (Å²) in [6.07, 6.45) is 0. The smallest absolute Gasteiger partial charge is 0.355 e. The Morgan fingerprint density at radius 1 is 0.788 bits per heavy atom. The molecule has 0 saturated carbocycles. The van der Waals surface area contributed by atoms with Gasteiger partial charge in [0.05, 0.1) is 27.3 Å². The Labute approximate surface area is 192 Å². The Morgan fingerprint density at radius 3 is 1.67 bits per heavy atom. The fourth-order valence-corrected chi connectivity index (χ4v) is 3.24. The Hall–Kier alpha value is -3.81. The van der Waals surface area contributed by atoms with Crippen LogP contribution in [0.4, 0.5) is 0 Å². The third kappa shape index (κ3) is 5.91. The highest BCUT2D eigenvalue weighted by molar-refractivity contribution is 5.87. The van der Waals surface area contributed by atoms with Gasteiger partial charge in [0.25, 0.3) is 5.56 Å². The number of benzene rings is 2. The maximum Gasteiger partial charge on any atom is 0.355 e. The first-order valence-corrected chi connectivity index (χ1v) is 10.4. The lowest BCUT2D eigenvalue weighted by Gasteiger charge is -2.21. The van der Waals surface area contributed by atoms with Crippen molar-refractivity contribution in [1.29, 1.82) is 0 Å². The molecule has 1 heterocycles. The van der Waals surface area contributed by atoms with E-state index in [1.807, 2.05) is 0 Å². The zero-order chi connectivity index (χ0) is 24.2. The highest BCUT2D eigenvalue weighted by atomic mass is 16.6. The molecule has 0 bridgehead atoms. The fourth-order valence-electron chi connectivity index (χ4n) is 3.24. The van der Waals surface area contributed by atoms with E-state index in [0.29, 0.717) is 11.5 Å². The molecule has 0 fully saturated rings. The molecule has 0 N–H and O–H groups in total. The number of hydrogen-bond acceptors (Lipinski definition) is 6. The van der Waals surface area contributed by atoms with Crippen LogP contribution in [-0.4, -0.2) is 34.9 Å². The maximum absolute atomic E-state index is 13.4. The van der Waals surface area contributed by atoms with Crippen LogP contribution >= 0.6 is 0 Å². The van der Waals surface area contributed by atoms with Gasteiger partial charge in [0.1, 0.15) is 22.8 Å². The average molecular weight is 453 g/mol. The Kier molecular flexibility index (Phi) is 7.06. The van der Waals surface area contributed by atoms with Crippen LogP contribution in [0.5, 0.6) is 11.5 Å². The quantitative estimate of drug-likeness (QED) is 0.512. The van der Waals surface area contributed by atoms with Gasteiger partial charge in [-0.3, -0.25) is 13.9 Å². The second kappa shape index (κ2) is 9.77. The van der Waals surface area contributed by atoms with Crippen LogP contribution in [-0.2, 0) is 17.8 Å². The molecule has 33 heavy (non-hydrogen) atoms. The number of nitrogens with zero attached hydrogens (tertiary/aromatic N) is 2. The van der Waals surface area contributed by atoms with Crippen molar-refractivity contribution < 1.29 is 19.0 Å². The van der Waals surface area contributed by atoms with E-state index in [2.05, 4.69) is 0 Å². The van der Waals surface area contributed by atoms with Crippen LogP contribution in [0.1, 0.15) is 42.4 Å². The first-order chi connectivity index (χ1) is 15.6. The molecule has 3 rings (SSSR count). The van der Waals surface area contributed by atoms with Gasteiger partial charge in [0.2, 0.25) is 0 Å². The van der Waals surface area contributed by atoms with Crippen molar-refractivity contribution in [1.82, 2.24) is 9.13 Å². The molecule has 0 radical (unpaired) electrons. The molecular formula is C25H28N2O6. The molecule has 0 aliphatic heterocycles. The van der Waals surface area contributed by atoms with Crippen LogP contribution in [0.2, 0.25) is 0 Å². The van der Waals surface area contributed by atoms with Gasteiger partial charge >= 0.3 is 11.7 Å². The van der Waals surface area contributed by atoms with Crippen molar-refractivity contribution in [3.05, 3.63) is 92.3 Å². The molecule has 0 spiro atoms. The number of carbonyl (C=O) groups excluding carboxylic acids is 1. The van der Waals surface area contributed by atoms with Crippen molar-refractivity contribution in [3.63, 3.8) is 0 Å². The summed E-state index contributed by atoms with van der Waals surface area (Å²) in [5.41, 5.74) is -0.552. The topological polar surface area (TPSA) is 88.8 Å². The predicted octanol–water partition coefficient (Wildman–Crippen LogP) is 3.08. The van der Waals surface area contributed by atoms with Gasteiger partial charge in [-0.2, -0.15) is 0 Å². The molecule has 0 saturated heterocycles. The third-order valence-corrected chi connectivity index (χ3v) is 4.89. The van der Waals surface area contributed by atoms with Crippen molar-refractivity contribution in [3.8, 4) is 11.5 Å². The standard InChI is InChI=1S/C25H28N2O6/c1-25(2,3)33-23(29)21-14-22(28)27(16-18-8-12-20(32-5)13-9-18)24(30)26(21)15-17-6-10-19(31-4)11-7-17/h6-14H,15-16H2,1-5H3. The summed E-state index contributed by atoms with van der Waals surface area (Å²) in [5, 5.41) is 0. The highest BCUT2D eigenvalue weighted by Gasteiger charge is 2.23. The number of carbonyl (C=O) groups is 1. The van der Waals surface area contributed by atoms with Gasteiger partial charge in [-0.1, -0.05) is 24.3 Å². The monoisotopic (exact) mass is 452 g/mol. The molecule has 0 unspecified atom stereocenters. The number of aromatic nitrogens is 2. The van der Waals surface area contributed by atoms with Gasteiger partial charge < -0.3 is 14.2 Å². The lowest BCUT2D eigenvalue weighted by molar-refractivity contribution is 0.00555. The van der Waals surface area contributed by atoms with Crippen LogP contribution < -0.4 is 20.7 Å². The molecule has 3 aromatic rings. The van der Waals surface area contributed by atoms with Crippen LogP contribution in [0.15, 0.2) is 64.2 Å². The lowest BCUT2D eigenvalue weighted by atomic mass is 10.2. The fraction of sp³-hybridized carbons (Fsp3) is 0.320. The van der Waals surface area contributed by atoms with E-state index in [-0.39, 0.29) is 18.8 Å². The van der Waals surface area contributed by atoms with E-state index < -0.39 is 22.8 Å². The second-order valence-corrected chi connectivity index (χ2v) is 8.52. The number of ether oxygens (including phenoxy) is 3. The zero-order valence-electron chi connectivity index (χ0n) is 19.5. The summed E-state index contributed by atoms with van der Waals surface area (Å²) in [7, 11) is 3.13. The highest BCUT2D eigenvalue weighted by Crippen LogP contribution is 2.15. The summed E-state index contributed by atoms with van der Waals surface area (Å²) in [6, 6.07) is 15.3. The van der Waals surface area contributed by atoms with Crippen LogP contribution in [0.3, 0.4) is 0 Å². The van der Waals surface area contributed by atoms with Crippen molar-refractivity contribution >= 4 is 5.97 Å². The zero-order valence-corrected chi connectivity index (χ0v) is 19.5. The van der Waals surface area contributed by atoms with Gasteiger partial charge in [-0.25, -0.2) is 9.59 Å². The molecule has 0 aliphatic carbocycles. The normalized spacial score (nSPS) is 11.2. The van der Waals surface area contributed by atoms with E-state index >= 15 is 0 Å². The number of rotatable bonds is 7. The molecule has 0 aliphatic rings. The molecular weight excluding hydrogens is 424 g/mol. The second-order valence-electron chi connectivity index (χ2n) is 8.52. The Bertz CT molecular complexity index is 1230. The SMILES string of the molecule is COc1ccc(Cn2c(C(=O)OC(C)(C)C)cc(=O)n(Cc3ccc(OC)cc3)c2=O)cc1. The molecule has 2 aromatic carbocycles. The molecule has 8 nitrogen and oxygen atoms in total. The van der Waals surface area contributed by atoms with Gasteiger partial charge in [0.15, 0.2) is 0 Å². The first-order valence-electron chi connectivity index (χ1n) is 10.4. The number of esters is 1. The Balaban J connectivity index is 2.07. The predicted molar refractivity (Wildman–Crippen MR) is 124 cm³/mol. The van der Waals surface area contributed by atoms with E-state index in [1.54, 1.807) is 83.5 Å². The summed E-state index contributed by atoms with van der Waals surface area (Å²) >= 11 is 0. The molecule has 1 aromatic heterocycles. The molecule has 8 heteroatoms. The van der Waals surface area contributed by atoms with Crippen LogP contribution in [0, 0.1) is 0 Å². The molecule has 0 atom stereocenters. The summed E-state index contributed by atoms with van der Waals surface area (Å²) < 4.78 is 18.1. The van der Waals surface area contributed by atoms with Crippen molar-refractivity contribution in [2.45, 2.75) is 39.5 Å². The number of methoxy groups -OCH3 is 2. The largest absolute Gasteiger partial charge is 0.497 e. The maximum atomic E-state index is 13.4. The minimum absolute atomic E-state index is 0.0544. The Morgan fingerprint density at radius 2 is 1.24 bits per heavy atom. The number of hydrogen-bond donors (Lipinski definition) is 0. The van der Waals surface area contributed by atoms with Gasteiger partial charge in [-0.05, 0) is 56.2 Å². The summed E-state index contributed by atoms with van der Waals surface area (Å²) in [5.74, 6) is 0.605. The first kappa shape index (κ1) is 23.8. The minimum Gasteiger partial charge on any atom is -0.497 e. The average Bonchev–Trinajstić information content (AvgIpc) is 2.78. The lowest BCUT2D eigenvalue weighted by Crippen LogP contribution is -2.43. The molecule has 0 amide bonds. The van der Waals surface area contributed by atoms with E-state index in [1.165, 1.54) is 4.57 Å². The summed E-state index contributed by atoms with van der Waals surface area (Å²) in [4.78, 5) is 39.1. The van der Waals surface area contributed by atoms with Crippen LogP contribution in [0.25, 0.3) is 0 Å². The van der Waals surface area contributed by atoms with Gasteiger partial charge in [-0.15, -0.1) is 0 Å². The third-order valence-electron chi connectivity index (χ3n) is 4.89. The van der Waals surface area contributed by atoms with E-state index in [0.717, 1.165) is 21.8 Å². The van der Waals surface area contributed by atoms with E-state index in [4.69, 9.17) is 14.2 Å². The van der Waals surface area contributed by atoms with Gasteiger partial charge in [0, 0.05) is 6.07 Å². The van der Waals surface area contributed by atoms with Crippen molar-refractivity contribution in [2.75, 3.05) is 14.2 Å². The van der Waals surface area contributed by atoms with Crippen molar-refractivity contribution in [2.24, 2.45) is 0 Å². The van der Waals surface area contributed by atoms with E-state index in [9.17, 15) is 14.4 Å². The minimum atomic E-state index is -0.782. The molecule has 174 valence electrons. The summed E-state index contributed by atoms with van der Waals surface area (Å²) in [6.45, 7) is 5.31.